The van der Waals surface area contributed by atoms with Gasteiger partial charge in [-0.05, 0) is 0 Å². The minimum Gasteiger partial charge on any atom is -0.547 e. The minimum atomic E-state index is -1.53. The SMILES string of the molecule is CO[C@@H]1O[C@H](C(=O)[O-])[C@@H](OC)[C@H](O)[C@H]1O.[Na+]. The molecule has 8 heteroatoms. The van der Waals surface area contributed by atoms with Gasteiger partial charge in [-0.3, -0.25) is 0 Å². The average molecular weight is 244 g/mol. The molecule has 1 aliphatic rings. The molecule has 0 aliphatic carbocycles. The molecule has 88 valence electrons. The van der Waals surface area contributed by atoms with E-state index in [2.05, 4.69) is 4.74 Å². The van der Waals surface area contributed by atoms with Crippen LogP contribution < -0.4 is 34.7 Å². The number of aliphatic hydroxyl groups is 2. The van der Waals surface area contributed by atoms with Gasteiger partial charge in [-0.2, -0.15) is 0 Å². The summed E-state index contributed by atoms with van der Waals surface area (Å²) in [5.41, 5.74) is 0. The first kappa shape index (κ1) is 16.3. The molecule has 0 aromatic rings. The van der Waals surface area contributed by atoms with Gasteiger partial charge in [0.25, 0.3) is 0 Å². The van der Waals surface area contributed by atoms with Crippen LogP contribution in [0.4, 0.5) is 0 Å². The van der Waals surface area contributed by atoms with Crippen LogP contribution in [0.2, 0.25) is 0 Å². The number of methoxy groups -OCH3 is 2. The monoisotopic (exact) mass is 244 g/mol. The Kier molecular flexibility index (Phi) is 6.99. The fourth-order valence-corrected chi connectivity index (χ4v) is 1.48. The van der Waals surface area contributed by atoms with Crippen LogP contribution in [0.25, 0.3) is 0 Å². The number of ether oxygens (including phenoxy) is 3. The van der Waals surface area contributed by atoms with Gasteiger partial charge in [0.1, 0.15) is 24.4 Å². The number of carbonyl (C=O) groups is 1. The summed E-state index contributed by atoms with van der Waals surface area (Å²) >= 11 is 0. The molecular formula is C8H13NaO7. The fraction of sp³-hybridized carbons (Fsp3) is 0.875. The maximum atomic E-state index is 10.7. The largest absolute Gasteiger partial charge is 1.00 e. The van der Waals surface area contributed by atoms with Gasteiger partial charge >= 0.3 is 29.6 Å². The Bertz CT molecular complexity index is 236. The summed E-state index contributed by atoms with van der Waals surface area (Å²) in [6.07, 6.45) is -6.64. The van der Waals surface area contributed by atoms with Crippen molar-refractivity contribution in [3.63, 3.8) is 0 Å². The molecule has 1 aliphatic heterocycles. The van der Waals surface area contributed by atoms with E-state index in [1.807, 2.05) is 0 Å². The Balaban J connectivity index is 0.00000225. The van der Waals surface area contributed by atoms with Crippen molar-refractivity contribution in [2.45, 2.75) is 30.7 Å². The third kappa shape index (κ3) is 3.14. The summed E-state index contributed by atoms with van der Waals surface area (Å²) in [7, 11) is 2.42. The Morgan fingerprint density at radius 2 is 1.81 bits per heavy atom. The molecule has 7 nitrogen and oxygen atoms in total. The molecular weight excluding hydrogens is 231 g/mol. The van der Waals surface area contributed by atoms with Gasteiger partial charge in [-0.25, -0.2) is 0 Å². The van der Waals surface area contributed by atoms with Crippen molar-refractivity contribution in [1.82, 2.24) is 0 Å². The van der Waals surface area contributed by atoms with Gasteiger partial charge in [0.2, 0.25) is 0 Å². The van der Waals surface area contributed by atoms with Crippen molar-refractivity contribution >= 4 is 5.97 Å². The second-order valence-corrected chi connectivity index (χ2v) is 3.16. The summed E-state index contributed by atoms with van der Waals surface area (Å²) < 4.78 is 14.3. The smallest absolute Gasteiger partial charge is 0.547 e. The van der Waals surface area contributed by atoms with Crippen LogP contribution >= 0.6 is 0 Å². The van der Waals surface area contributed by atoms with Gasteiger partial charge in [0.05, 0.1) is 5.97 Å². The molecule has 1 heterocycles. The minimum absolute atomic E-state index is 0. The summed E-state index contributed by atoms with van der Waals surface area (Å²) in [4.78, 5) is 10.7. The maximum Gasteiger partial charge on any atom is 1.00 e. The molecule has 1 rings (SSSR count). The van der Waals surface area contributed by atoms with E-state index >= 15 is 0 Å². The molecule has 16 heavy (non-hydrogen) atoms. The van der Waals surface area contributed by atoms with E-state index in [-0.39, 0.29) is 29.6 Å². The predicted molar refractivity (Wildman–Crippen MR) is 43.5 cm³/mol. The number of carbonyl (C=O) groups excluding carboxylic acids is 1. The molecule has 0 amide bonds. The zero-order chi connectivity index (χ0) is 11.6. The van der Waals surface area contributed by atoms with Crippen molar-refractivity contribution < 1.29 is 63.9 Å². The molecule has 0 spiro atoms. The van der Waals surface area contributed by atoms with Gasteiger partial charge in [-0.1, -0.05) is 0 Å². The first-order chi connectivity index (χ1) is 7.02. The van der Waals surface area contributed by atoms with Crippen molar-refractivity contribution in [3.8, 4) is 0 Å². The van der Waals surface area contributed by atoms with Gasteiger partial charge in [0.15, 0.2) is 6.29 Å². The number of carboxylic acid groups (broad SMARTS) is 1. The predicted octanol–water partition coefficient (Wildman–Crippen LogP) is -6.15. The Labute approximate surface area is 115 Å². The first-order valence-electron chi connectivity index (χ1n) is 4.31. The van der Waals surface area contributed by atoms with E-state index < -0.39 is 36.7 Å². The van der Waals surface area contributed by atoms with E-state index in [0.717, 1.165) is 0 Å². The van der Waals surface area contributed by atoms with E-state index in [4.69, 9.17) is 9.47 Å². The van der Waals surface area contributed by atoms with Gasteiger partial charge < -0.3 is 34.3 Å². The number of carboxylic acids is 1. The third-order valence-corrected chi connectivity index (χ3v) is 2.28. The number of hydrogen-bond acceptors (Lipinski definition) is 7. The Hall–Kier alpha value is 0.270. The van der Waals surface area contributed by atoms with Crippen LogP contribution in [0.3, 0.4) is 0 Å². The quantitative estimate of drug-likeness (QED) is 0.475. The van der Waals surface area contributed by atoms with Crippen molar-refractivity contribution in [3.05, 3.63) is 0 Å². The number of aliphatic hydroxyl groups excluding tert-OH is 2. The summed E-state index contributed by atoms with van der Waals surface area (Å²) in [6, 6.07) is 0. The number of rotatable bonds is 3. The van der Waals surface area contributed by atoms with Crippen molar-refractivity contribution in [1.29, 1.82) is 0 Å². The second-order valence-electron chi connectivity index (χ2n) is 3.16. The van der Waals surface area contributed by atoms with Gasteiger partial charge in [0, 0.05) is 14.2 Å². The molecule has 1 saturated heterocycles. The molecule has 0 aromatic carbocycles. The molecule has 0 radical (unpaired) electrons. The molecule has 2 N–H and O–H groups in total. The van der Waals surface area contributed by atoms with Gasteiger partial charge in [-0.15, -0.1) is 0 Å². The third-order valence-electron chi connectivity index (χ3n) is 2.28. The zero-order valence-electron chi connectivity index (χ0n) is 9.32. The van der Waals surface area contributed by atoms with Crippen LogP contribution in [0.15, 0.2) is 0 Å². The van der Waals surface area contributed by atoms with E-state index in [1.54, 1.807) is 0 Å². The van der Waals surface area contributed by atoms with E-state index in [9.17, 15) is 20.1 Å². The molecule has 1 fully saturated rings. The second kappa shape index (κ2) is 6.87. The average Bonchev–Trinajstić information content (AvgIpc) is 2.21. The molecule has 0 aromatic heterocycles. The Morgan fingerprint density at radius 3 is 2.19 bits per heavy atom. The summed E-state index contributed by atoms with van der Waals surface area (Å²) in [5.74, 6) is -1.53. The van der Waals surface area contributed by atoms with Crippen molar-refractivity contribution in [2.75, 3.05) is 14.2 Å². The molecule has 0 unspecified atom stereocenters. The summed E-state index contributed by atoms with van der Waals surface area (Å²) in [6.45, 7) is 0. The van der Waals surface area contributed by atoms with Crippen LogP contribution in [0.5, 0.6) is 0 Å². The van der Waals surface area contributed by atoms with Crippen LogP contribution in [0.1, 0.15) is 0 Å². The number of hydrogen-bond donors (Lipinski definition) is 2. The number of aliphatic carboxylic acids is 1. The topological polar surface area (TPSA) is 108 Å². The van der Waals surface area contributed by atoms with E-state index in [1.165, 1.54) is 14.2 Å². The van der Waals surface area contributed by atoms with E-state index in [0.29, 0.717) is 0 Å². The normalized spacial score (nSPS) is 38.9. The van der Waals surface area contributed by atoms with Crippen LogP contribution in [0, 0.1) is 0 Å². The fourth-order valence-electron chi connectivity index (χ4n) is 1.48. The molecule has 0 bridgehead atoms. The van der Waals surface area contributed by atoms with Crippen molar-refractivity contribution in [2.24, 2.45) is 0 Å². The van der Waals surface area contributed by atoms with Crippen LogP contribution in [-0.2, 0) is 19.0 Å². The molecule has 0 saturated carbocycles. The zero-order valence-corrected chi connectivity index (χ0v) is 11.3. The standard InChI is InChI=1S/C8H14O7.Na/c1-13-5-3(9)4(10)8(14-2)15-6(5)7(11)12;/h3-6,8-10H,1-2H3,(H,11,12);/q;+1/p-1/t3-,4-,5+,6+,8-;/m1./s1. The maximum absolute atomic E-state index is 10.7. The summed E-state index contributed by atoms with van der Waals surface area (Å²) in [5, 5.41) is 29.7. The van der Waals surface area contributed by atoms with Crippen LogP contribution in [-0.4, -0.2) is 61.1 Å². The first-order valence-corrected chi connectivity index (χ1v) is 4.31. The molecule has 5 atom stereocenters. The Morgan fingerprint density at radius 1 is 1.25 bits per heavy atom.